The van der Waals surface area contributed by atoms with Crippen molar-refractivity contribution in [2.75, 3.05) is 36.4 Å². The molecule has 6 nitrogen and oxygen atoms in total. The van der Waals surface area contributed by atoms with Gasteiger partial charge >= 0.3 is 0 Å². The van der Waals surface area contributed by atoms with E-state index in [0.717, 1.165) is 19.5 Å². The van der Waals surface area contributed by atoms with Crippen molar-refractivity contribution < 1.29 is 9.18 Å². The van der Waals surface area contributed by atoms with Gasteiger partial charge < -0.3 is 20.9 Å². The molecule has 1 heterocycles. The normalized spacial score (nSPS) is 16.1. The molecule has 1 aliphatic heterocycles. The van der Waals surface area contributed by atoms with Crippen LogP contribution in [-0.2, 0) is 4.79 Å². The summed E-state index contributed by atoms with van der Waals surface area (Å²) in [5.41, 5.74) is 1.63. The number of guanidine groups is 1. The van der Waals surface area contributed by atoms with Crippen LogP contribution >= 0.6 is 24.0 Å². The van der Waals surface area contributed by atoms with E-state index in [-0.39, 0.29) is 48.3 Å². The quantitative estimate of drug-likeness (QED) is 0.317. The highest BCUT2D eigenvalue weighted by atomic mass is 127. The maximum Gasteiger partial charge on any atom is 0.246 e. The van der Waals surface area contributed by atoms with Crippen LogP contribution in [0.3, 0.4) is 0 Å². The third-order valence-corrected chi connectivity index (χ3v) is 4.48. The van der Waals surface area contributed by atoms with Gasteiger partial charge in [0.25, 0.3) is 0 Å². The molecule has 0 aromatic heterocycles. The van der Waals surface area contributed by atoms with Crippen LogP contribution in [0.4, 0.5) is 15.8 Å². The van der Waals surface area contributed by atoms with Crippen molar-refractivity contribution in [2.45, 2.75) is 19.4 Å². The Kier molecular flexibility index (Phi) is 9.17. The lowest BCUT2D eigenvalue weighted by atomic mass is 10.3. The zero-order valence-electron chi connectivity index (χ0n) is 16.4. The van der Waals surface area contributed by atoms with E-state index in [1.165, 1.54) is 17.8 Å². The van der Waals surface area contributed by atoms with Crippen molar-refractivity contribution in [1.82, 2.24) is 10.6 Å². The lowest BCUT2D eigenvalue weighted by molar-refractivity contribution is -0.114. The topological polar surface area (TPSA) is 68.8 Å². The number of amides is 1. The van der Waals surface area contributed by atoms with Gasteiger partial charge in [0.05, 0.1) is 0 Å². The predicted molar refractivity (Wildman–Crippen MR) is 127 cm³/mol. The Morgan fingerprint density at radius 1 is 1.21 bits per heavy atom. The molecular weight excluding hydrogens is 484 g/mol. The number of benzene rings is 2. The van der Waals surface area contributed by atoms with Crippen LogP contribution in [-0.4, -0.2) is 44.1 Å². The third kappa shape index (κ3) is 7.19. The number of carbonyl (C=O) groups is 1. The molecule has 0 saturated carbocycles. The number of para-hydroxylation sites is 1. The molecule has 1 fully saturated rings. The molecule has 8 heteroatoms. The Morgan fingerprint density at radius 3 is 2.72 bits per heavy atom. The van der Waals surface area contributed by atoms with E-state index in [4.69, 9.17) is 0 Å². The van der Waals surface area contributed by atoms with Gasteiger partial charge in [0, 0.05) is 37.1 Å². The summed E-state index contributed by atoms with van der Waals surface area (Å²) in [5.74, 6) is -0.0718. The van der Waals surface area contributed by atoms with Crippen molar-refractivity contribution in [3.05, 3.63) is 60.4 Å². The molecular formula is C21H27FIN5O. The van der Waals surface area contributed by atoms with Crippen LogP contribution in [0.25, 0.3) is 0 Å². The summed E-state index contributed by atoms with van der Waals surface area (Å²) < 4.78 is 13.2. The third-order valence-electron chi connectivity index (χ3n) is 4.48. The van der Waals surface area contributed by atoms with Crippen LogP contribution in [0, 0.1) is 5.82 Å². The van der Waals surface area contributed by atoms with Gasteiger partial charge in [-0.25, -0.2) is 9.38 Å². The molecule has 1 saturated heterocycles. The Morgan fingerprint density at radius 2 is 2.00 bits per heavy atom. The zero-order valence-corrected chi connectivity index (χ0v) is 18.7. The van der Waals surface area contributed by atoms with Gasteiger partial charge in [0.15, 0.2) is 5.96 Å². The van der Waals surface area contributed by atoms with Gasteiger partial charge in [0.2, 0.25) is 5.91 Å². The van der Waals surface area contributed by atoms with Gasteiger partial charge in [-0.3, -0.25) is 4.79 Å². The lowest BCUT2D eigenvalue weighted by Crippen LogP contribution is -2.45. The molecule has 29 heavy (non-hydrogen) atoms. The smallest absolute Gasteiger partial charge is 0.246 e. The van der Waals surface area contributed by atoms with Crippen LogP contribution in [0.2, 0.25) is 0 Å². The van der Waals surface area contributed by atoms with E-state index in [9.17, 15) is 9.18 Å². The average Bonchev–Trinajstić information content (AvgIpc) is 3.16. The largest absolute Gasteiger partial charge is 0.369 e. The fourth-order valence-electron chi connectivity index (χ4n) is 3.18. The number of nitrogens with one attached hydrogen (secondary N) is 3. The number of aliphatic imine (C=N–C) groups is 1. The molecule has 1 aliphatic rings. The molecule has 1 amide bonds. The van der Waals surface area contributed by atoms with Crippen LogP contribution < -0.4 is 20.9 Å². The van der Waals surface area contributed by atoms with Gasteiger partial charge in [-0.2, -0.15) is 0 Å². The summed E-state index contributed by atoms with van der Waals surface area (Å²) in [5, 5.41) is 9.23. The summed E-state index contributed by atoms with van der Waals surface area (Å²) in [6.45, 7) is 4.49. The summed E-state index contributed by atoms with van der Waals surface area (Å²) in [4.78, 5) is 18.8. The summed E-state index contributed by atoms with van der Waals surface area (Å²) in [6.07, 6.45) is 0.995. The first-order valence-corrected chi connectivity index (χ1v) is 9.54. The fraction of sp³-hybridized carbons (Fsp3) is 0.333. The highest BCUT2D eigenvalue weighted by molar-refractivity contribution is 14.0. The average molecular weight is 511 g/mol. The first-order valence-electron chi connectivity index (χ1n) is 9.54. The minimum absolute atomic E-state index is 0. The molecule has 1 atom stereocenters. The SMILES string of the molecule is CCNC(=NCC(=O)Nc1cccc(F)c1)NC1CCN(c2ccccc2)C1.I. The minimum Gasteiger partial charge on any atom is -0.369 e. The van der Waals surface area contributed by atoms with Crippen molar-refractivity contribution in [2.24, 2.45) is 4.99 Å². The molecule has 3 rings (SSSR count). The van der Waals surface area contributed by atoms with Gasteiger partial charge in [-0.1, -0.05) is 24.3 Å². The van der Waals surface area contributed by atoms with Gasteiger partial charge in [-0.15, -0.1) is 24.0 Å². The number of nitrogens with zero attached hydrogens (tertiary/aromatic N) is 2. The van der Waals surface area contributed by atoms with E-state index < -0.39 is 0 Å². The van der Waals surface area contributed by atoms with Crippen molar-refractivity contribution in [3.63, 3.8) is 0 Å². The second-order valence-corrected chi connectivity index (χ2v) is 6.67. The second-order valence-electron chi connectivity index (χ2n) is 6.67. The Balaban J connectivity index is 0.00000300. The predicted octanol–water partition coefficient (Wildman–Crippen LogP) is 3.22. The van der Waals surface area contributed by atoms with E-state index in [0.29, 0.717) is 18.2 Å². The highest BCUT2D eigenvalue weighted by Crippen LogP contribution is 2.19. The minimum atomic E-state index is -0.388. The molecule has 1 unspecified atom stereocenters. The molecule has 3 N–H and O–H groups in total. The number of hydrogen-bond donors (Lipinski definition) is 3. The van der Waals surface area contributed by atoms with E-state index in [2.05, 4.69) is 38.0 Å². The number of halogens is 2. The molecule has 0 aliphatic carbocycles. The Labute approximate surface area is 188 Å². The maximum atomic E-state index is 13.2. The summed E-state index contributed by atoms with van der Waals surface area (Å²) >= 11 is 0. The fourth-order valence-corrected chi connectivity index (χ4v) is 3.18. The molecule has 156 valence electrons. The molecule has 0 bridgehead atoms. The summed E-state index contributed by atoms with van der Waals surface area (Å²) in [7, 11) is 0. The Hall–Kier alpha value is -2.36. The van der Waals surface area contributed by atoms with E-state index in [1.807, 2.05) is 25.1 Å². The van der Waals surface area contributed by atoms with Crippen molar-refractivity contribution in [3.8, 4) is 0 Å². The first-order chi connectivity index (χ1) is 13.6. The lowest BCUT2D eigenvalue weighted by Gasteiger charge is -2.20. The van der Waals surface area contributed by atoms with Gasteiger partial charge in [-0.05, 0) is 43.7 Å². The maximum absolute atomic E-state index is 13.2. The standard InChI is InChI=1S/C21H26FN5O.HI/c1-2-23-21(24-14-20(28)25-17-8-6-7-16(22)13-17)26-18-11-12-27(15-18)19-9-4-3-5-10-19;/h3-10,13,18H,2,11-12,14-15H2,1H3,(H,25,28)(H2,23,24,26);1H. The zero-order chi connectivity index (χ0) is 19.8. The number of rotatable bonds is 6. The van der Waals surface area contributed by atoms with Crippen molar-refractivity contribution >= 4 is 47.2 Å². The molecule has 2 aromatic carbocycles. The van der Waals surface area contributed by atoms with Crippen LogP contribution in [0.15, 0.2) is 59.6 Å². The highest BCUT2D eigenvalue weighted by Gasteiger charge is 2.23. The molecule has 2 aromatic rings. The number of hydrogen-bond acceptors (Lipinski definition) is 3. The molecule has 0 spiro atoms. The molecule has 0 radical (unpaired) electrons. The van der Waals surface area contributed by atoms with Crippen LogP contribution in [0.1, 0.15) is 13.3 Å². The monoisotopic (exact) mass is 511 g/mol. The first kappa shape index (κ1) is 22.9. The number of anilines is 2. The van der Waals surface area contributed by atoms with Crippen molar-refractivity contribution in [1.29, 1.82) is 0 Å². The van der Waals surface area contributed by atoms with Gasteiger partial charge in [0.1, 0.15) is 12.4 Å². The van der Waals surface area contributed by atoms with E-state index >= 15 is 0 Å². The van der Waals surface area contributed by atoms with E-state index in [1.54, 1.807) is 12.1 Å². The Bertz CT molecular complexity index is 818. The summed E-state index contributed by atoms with van der Waals surface area (Å²) in [6, 6.07) is 16.4. The second kappa shape index (κ2) is 11.6. The van der Waals surface area contributed by atoms with Crippen LogP contribution in [0.5, 0.6) is 0 Å². The number of carbonyl (C=O) groups excluding carboxylic acids is 1.